The minimum absolute atomic E-state index is 0.0792. The van der Waals surface area contributed by atoms with Crippen molar-refractivity contribution in [2.75, 3.05) is 20.2 Å². The zero-order chi connectivity index (χ0) is 18.0. The Morgan fingerprint density at radius 1 is 1.24 bits per heavy atom. The van der Waals surface area contributed by atoms with Gasteiger partial charge in [0.15, 0.2) is 5.82 Å². The molecule has 3 rings (SSSR count). The van der Waals surface area contributed by atoms with E-state index in [0.29, 0.717) is 36.7 Å². The quantitative estimate of drug-likeness (QED) is 0.623. The molecule has 2 heterocycles. The molecule has 0 aliphatic carbocycles. The van der Waals surface area contributed by atoms with Gasteiger partial charge in [0.05, 0.1) is 30.6 Å². The minimum atomic E-state index is -0.283. The van der Waals surface area contributed by atoms with E-state index in [4.69, 9.17) is 4.74 Å². The lowest BCUT2D eigenvalue weighted by Crippen LogP contribution is -2.28. The minimum Gasteiger partial charge on any atom is -0.465 e. The Kier molecular flexibility index (Phi) is 4.80. The first-order valence-electron chi connectivity index (χ1n) is 8.26. The number of esters is 1. The summed E-state index contributed by atoms with van der Waals surface area (Å²) in [4.78, 5) is 26.1. The Balaban J connectivity index is 2.07. The maximum Gasteiger partial charge on any atom is 0.320 e. The van der Waals surface area contributed by atoms with E-state index < -0.39 is 0 Å². The molecule has 2 aromatic heterocycles. The lowest BCUT2D eigenvalue weighted by atomic mass is 10.2. The lowest BCUT2D eigenvalue weighted by molar-refractivity contribution is -0.144. The molecule has 0 saturated heterocycles. The van der Waals surface area contributed by atoms with E-state index in [-0.39, 0.29) is 18.1 Å². The summed E-state index contributed by atoms with van der Waals surface area (Å²) in [7, 11) is 1.82. The fourth-order valence-corrected chi connectivity index (χ4v) is 2.93. The van der Waals surface area contributed by atoms with Crippen LogP contribution in [-0.2, 0) is 22.6 Å². The van der Waals surface area contributed by atoms with E-state index in [1.807, 2.05) is 41.5 Å². The summed E-state index contributed by atoms with van der Waals surface area (Å²) in [6, 6.07) is 7.40. The third kappa shape index (κ3) is 3.12. The van der Waals surface area contributed by atoms with Crippen molar-refractivity contribution < 1.29 is 9.53 Å². The number of fused-ring (bicyclic) bond motifs is 3. The van der Waals surface area contributed by atoms with Gasteiger partial charge in [-0.25, -0.2) is 0 Å². The first-order chi connectivity index (χ1) is 12.1. The van der Waals surface area contributed by atoms with Gasteiger partial charge >= 0.3 is 5.97 Å². The number of para-hydroxylation sites is 1. The largest absolute Gasteiger partial charge is 0.465 e. The number of hydrogen-bond donors (Lipinski definition) is 0. The van der Waals surface area contributed by atoms with Gasteiger partial charge in [0.25, 0.3) is 5.56 Å². The third-order valence-electron chi connectivity index (χ3n) is 4.01. The molecule has 25 heavy (non-hydrogen) atoms. The number of benzene rings is 1. The molecule has 0 aliphatic rings. The number of aromatic nitrogens is 4. The molecule has 8 nitrogen and oxygen atoms in total. The molecule has 0 spiro atoms. The highest BCUT2D eigenvalue weighted by molar-refractivity contribution is 5.80. The van der Waals surface area contributed by atoms with Gasteiger partial charge in [-0.3, -0.25) is 23.5 Å². The standard InChI is InChI=1S/C17H21N5O3/c1-4-21-16(24)12-8-6-7-9-13(12)22-14(18-19-17(21)22)10-20(3)11-15(23)25-5-2/h6-9H,4-5,10-11H2,1-3H3. The van der Waals surface area contributed by atoms with Crippen LogP contribution >= 0.6 is 0 Å². The maximum atomic E-state index is 12.6. The number of hydrogen-bond acceptors (Lipinski definition) is 6. The molecule has 0 fully saturated rings. The summed E-state index contributed by atoms with van der Waals surface area (Å²) >= 11 is 0. The second-order valence-corrected chi connectivity index (χ2v) is 5.80. The van der Waals surface area contributed by atoms with Gasteiger partial charge in [-0.1, -0.05) is 12.1 Å². The normalized spacial score (nSPS) is 11.5. The third-order valence-corrected chi connectivity index (χ3v) is 4.01. The molecular formula is C17H21N5O3. The van der Waals surface area contributed by atoms with Crippen LogP contribution in [0.2, 0.25) is 0 Å². The van der Waals surface area contributed by atoms with Crippen molar-refractivity contribution in [3.63, 3.8) is 0 Å². The second-order valence-electron chi connectivity index (χ2n) is 5.80. The van der Waals surface area contributed by atoms with Gasteiger partial charge in [0.1, 0.15) is 0 Å². The number of ether oxygens (including phenoxy) is 1. The number of rotatable bonds is 6. The van der Waals surface area contributed by atoms with Crippen LogP contribution < -0.4 is 5.56 Å². The first kappa shape index (κ1) is 17.1. The summed E-state index contributed by atoms with van der Waals surface area (Å²) in [6.45, 7) is 5.11. The molecule has 3 aromatic rings. The molecule has 132 valence electrons. The Morgan fingerprint density at radius 2 is 2.00 bits per heavy atom. The van der Waals surface area contributed by atoms with Crippen LogP contribution in [0.15, 0.2) is 29.1 Å². The molecule has 0 radical (unpaired) electrons. The van der Waals surface area contributed by atoms with Crippen molar-refractivity contribution in [3.05, 3.63) is 40.4 Å². The highest BCUT2D eigenvalue weighted by atomic mass is 16.5. The predicted molar refractivity (Wildman–Crippen MR) is 93.4 cm³/mol. The van der Waals surface area contributed by atoms with Crippen LogP contribution in [0.1, 0.15) is 19.7 Å². The van der Waals surface area contributed by atoms with Gasteiger partial charge in [-0.15, -0.1) is 10.2 Å². The second kappa shape index (κ2) is 7.02. The van der Waals surface area contributed by atoms with E-state index in [9.17, 15) is 9.59 Å². The number of carbonyl (C=O) groups is 1. The highest BCUT2D eigenvalue weighted by Gasteiger charge is 2.17. The summed E-state index contributed by atoms with van der Waals surface area (Å²) in [5, 5.41) is 9.07. The Labute approximate surface area is 144 Å². The average molecular weight is 343 g/mol. The molecule has 0 atom stereocenters. The highest BCUT2D eigenvalue weighted by Crippen LogP contribution is 2.15. The van der Waals surface area contributed by atoms with Crippen LogP contribution in [0.5, 0.6) is 0 Å². The van der Waals surface area contributed by atoms with Crippen molar-refractivity contribution in [3.8, 4) is 0 Å². The van der Waals surface area contributed by atoms with Crippen LogP contribution in [0.4, 0.5) is 0 Å². The van der Waals surface area contributed by atoms with Gasteiger partial charge in [0.2, 0.25) is 5.78 Å². The lowest BCUT2D eigenvalue weighted by Gasteiger charge is -2.15. The Hall–Kier alpha value is -2.74. The Morgan fingerprint density at radius 3 is 2.72 bits per heavy atom. The van der Waals surface area contributed by atoms with Crippen LogP contribution in [0, 0.1) is 0 Å². The Bertz CT molecular complexity index is 975. The van der Waals surface area contributed by atoms with Gasteiger partial charge in [0, 0.05) is 6.54 Å². The van der Waals surface area contributed by atoms with Crippen LogP contribution in [-0.4, -0.2) is 50.2 Å². The average Bonchev–Trinajstić information content (AvgIpc) is 2.99. The monoisotopic (exact) mass is 343 g/mol. The van der Waals surface area contributed by atoms with Crippen molar-refractivity contribution in [2.24, 2.45) is 0 Å². The number of likely N-dealkylation sites (N-methyl/N-ethyl adjacent to an activating group) is 1. The molecule has 0 aliphatic heterocycles. The SMILES string of the molecule is CCOC(=O)CN(C)Cc1nnc2n(CC)c(=O)c3ccccc3n12. The van der Waals surface area contributed by atoms with Crippen molar-refractivity contribution in [1.29, 1.82) is 0 Å². The summed E-state index contributed by atoms with van der Waals surface area (Å²) in [6.07, 6.45) is 0. The molecule has 0 amide bonds. The molecule has 0 saturated carbocycles. The fraction of sp³-hybridized carbons (Fsp3) is 0.412. The van der Waals surface area contributed by atoms with E-state index in [1.54, 1.807) is 17.6 Å². The van der Waals surface area contributed by atoms with E-state index in [0.717, 1.165) is 5.52 Å². The van der Waals surface area contributed by atoms with Gasteiger partial charge < -0.3 is 4.74 Å². The molecular weight excluding hydrogens is 322 g/mol. The molecule has 1 aromatic carbocycles. The smallest absolute Gasteiger partial charge is 0.320 e. The molecule has 0 bridgehead atoms. The summed E-state index contributed by atoms with van der Waals surface area (Å²) < 4.78 is 8.45. The topological polar surface area (TPSA) is 81.7 Å². The summed E-state index contributed by atoms with van der Waals surface area (Å²) in [5.74, 6) is 0.889. The van der Waals surface area contributed by atoms with Crippen LogP contribution in [0.25, 0.3) is 16.7 Å². The van der Waals surface area contributed by atoms with Gasteiger partial charge in [-0.2, -0.15) is 0 Å². The molecule has 0 N–H and O–H groups in total. The number of carbonyl (C=O) groups excluding carboxylic acids is 1. The van der Waals surface area contributed by atoms with Crippen LogP contribution in [0.3, 0.4) is 0 Å². The molecule has 0 unspecified atom stereocenters. The summed E-state index contributed by atoms with van der Waals surface area (Å²) in [5.41, 5.74) is 0.682. The molecule has 8 heteroatoms. The first-order valence-corrected chi connectivity index (χ1v) is 8.26. The predicted octanol–water partition coefficient (Wildman–Crippen LogP) is 1.06. The van der Waals surface area contributed by atoms with Crippen molar-refractivity contribution in [2.45, 2.75) is 26.9 Å². The zero-order valence-corrected chi connectivity index (χ0v) is 14.6. The van der Waals surface area contributed by atoms with Gasteiger partial charge in [-0.05, 0) is 33.0 Å². The number of nitrogens with zero attached hydrogens (tertiary/aromatic N) is 5. The van der Waals surface area contributed by atoms with E-state index in [1.165, 1.54) is 0 Å². The van der Waals surface area contributed by atoms with E-state index in [2.05, 4.69) is 10.2 Å². The zero-order valence-electron chi connectivity index (χ0n) is 14.6. The fourth-order valence-electron chi connectivity index (χ4n) is 2.93. The van der Waals surface area contributed by atoms with Crippen molar-refractivity contribution in [1.82, 2.24) is 24.1 Å². The number of aryl methyl sites for hydroxylation is 1. The maximum absolute atomic E-state index is 12.6. The van der Waals surface area contributed by atoms with E-state index >= 15 is 0 Å². The van der Waals surface area contributed by atoms with Crippen molar-refractivity contribution >= 4 is 22.6 Å².